The van der Waals surface area contributed by atoms with Crippen molar-refractivity contribution in [3.05, 3.63) is 21.9 Å². The topological polar surface area (TPSA) is 49.3 Å². The zero-order chi connectivity index (χ0) is 13.7. The summed E-state index contributed by atoms with van der Waals surface area (Å²) in [7, 11) is 0. The maximum absolute atomic E-state index is 11.0. The fourth-order valence-electron chi connectivity index (χ4n) is 2.74. The first-order valence-electron chi connectivity index (χ1n) is 6.72. The third-order valence-corrected chi connectivity index (χ3v) is 6.26. The van der Waals surface area contributed by atoms with Crippen molar-refractivity contribution in [1.82, 2.24) is 5.32 Å². The molecule has 0 unspecified atom stereocenters. The van der Waals surface area contributed by atoms with Crippen LogP contribution in [0.1, 0.15) is 47.3 Å². The number of thioether (sulfide) groups is 1. The molecule has 19 heavy (non-hydrogen) atoms. The number of carboxylic acid groups (broad SMARTS) is 1. The smallest absolute Gasteiger partial charge is 0.346 e. The average molecular weight is 299 g/mol. The third-order valence-electron chi connectivity index (χ3n) is 3.90. The molecule has 2 rings (SSSR count). The summed E-state index contributed by atoms with van der Waals surface area (Å²) < 4.78 is 0.359. The molecule has 5 heteroatoms. The summed E-state index contributed by atoms with van der Waals surface area (Å²) in [4.78, 5) is 11.5. The first kappa shape index (κ1) is 14.9. The van der Waals surface area contributed by atoms with Gasteiger partial charge in [0.2, 0.25) is 0 Å². The van der Waals surface area contributed by atoms with Crippen LogP contribution < -0.4 is 5.32 Å². The predicted octanol–water partition coefficient (Wildman–Crippen LogP) is 3.60. The van der Waals surface area contributed by atoms with Gasteiger partial charge in [-0.25, -0.2) is 4.79 Å². The van der Waals surface area contributed by atoms with Crippen LogP contribution in [0.15, 0.2) is 11.4 Å². The number of hydrogen-bond acceptors (Lipinski definition) is 4. The molecule has 0 amide bonds. The SMILES string of the molecule is CSC1(CNCc2ccsc2C(=O)O)CCCCC1. The Bertz CT molecular complexity index is 425. The highest BCUT2D eigenvalue weighted by atomic mass is 32.2. The van der Waals surface area contributed by atoms with Gasteiger partial charge >= 0.3 is 5.97 Å². The van der Waals surface area contributed by atoms with E-state index in [4.69, 9.17) is 5.11 Å². The van der Waals surface area contributed by atoms with Gasteiger partial charge in [0.25, 0.3) is 0 Å². The van der Waals surface area contributed by atoms with Crippen molar-refractivity contribution in [2.45, 2.75) is 43.4 Å². The van der Waals surface area contributed by atoms with Crippen LogP contribution in [0.2, 0.25) is 0 Å². The molecule has 2 N–H and O–H groups in total. The lowest BCUT2D eigenvalue weighted by molar-refractivity contribution is 0.0701. The van der Waals surface area contributed by atoms with Crippen molar-refractivity contribution in [2.24, 2.45) is 0 Å². The van der Waals surface area contributed by atoms with E-state index in [9.17, 15) is 4.79 Å². The molecule has 1 heterocycles. The number of carboxylic acids is 1. The number of nitrogens with one attached hydrogen (secondary N) is 1. The van der Waals surface area contributed by atoms with Gasteiger partial charge in [-0.05, 0) is 36.1 Å². The van der Waals surface area contributed by atoms with E-state index in [2.05, 4.69) is 11.6 Å². The van der Waals surface area contributed by atoms with Crippen molar-refractivity contribution in [3.8, 4) is 0 Å². The summed E-state index contributed by atoms with van der Waals surface area (Å²) in [5.74, 6) is -0.816. The second-order valence-corrected chi connectivity index (χ2v) is 7.32. The zero-order valence-corrected chi connectivity index (χ0v) is 12.9. The molecule has 0 spiro atoms. The van der Waals surface area contributed by atoms with E-state index in [0.29, 0.717) is 16.2 Å². The Hall–Kier alpha value is -0.520. The van der Waals surface area contributed by atoms with Gasteiger partial charge in [0.1, 0.15) is 4.88 Å². The maximum atomic E-state index is 11.0. The second kappa shape index (κ2) is 6.77. The van der Waals surface area contributed by atoms with Crippen molar-refractivity contribution in [1.29, 1.82) is 0 Å². The van der Waals surface area contributed by atoms with Crippen LogP contribution in [0.25, 0.3) is 0 Å². The molecule has 1 aromatic heterocycles. The summed E-state index contributed by atoms with van der Waals surface area (Å²) in [5, 5.41) is 14.4. The quantitative estimate of drug-likeness (QED) is 0.842. The van der Waals surface area contributed by atoms with Gasteiger partial charge in [-0.2, -0.15) is 11.8 Å². The lowest BCUT2D eigenvalue weighted by Crippen LogP contribution is -2.39. The van der Waals surface area contributed by atoms with Gasteiger partial charge in [0.15, 0.2) is 0 Å². The Morgan fingerprint density at radius 3 is 2.84 bits per heavy atom. The molecule has 0 bridgehead atoms. The van der Waals surface area contributed by atoms with E-state index >= 15 is 0 Å². The van der Waals surface area contributed by atoms with E-state index in [-0.39, 0.29) is 0 Å². The first-order valence-corrected chi connectivity index (χ1v) is 8.83. The normalized spacial score (nSPS) is 18.4. The van der Waals surface area contributed by atoms with E-state index in [0.717, 1.165) is 12.1 Å². The Kier molecular flexibility index (Phi) is 5.30. The Morgan fingerprint density at radius 2 is 2.21 bits per heavy atom. The zero-order valence-electron chi connectivity index (χ0n) is 11.3. The molecule has 0 saturated heterocycles. The molecule has 0 radical (unpaired) electrons. The van der Waals surface area contributed by atoms with Crippen LogP contribution in [0.4, 0.5) is 0 Å². The van der Waals surface area contributed by atoms with Gasteiger partial charge in [0, 0.05) is 17.8 Å². The molecule has 1 aliphatic carbocycles. The van der Waals surface area contributed by atoms with Gasteiger partial charge in [-0.3, -0.25) is 0 Å². The Morgan fingerprint density at radius 1 is 1.47 bits per heavy atom. The third kappa shape index (κ3) is 3.74. The maximum Gasteiger partial charge on any atom is 0.346 e. The Labute approximate surface area is 122 Å². The predicted molar refractivity (Wildman–Crippen MR) is 82.3 cm³/mol. The van der Waals surface area contributed by atoms with Crippen molar-refractivity contribution < 1.29 is 9.90 Å². The standard InChI is InChI=1S/C14H21NO2S2/c1-18-14(6-3-2-4-7-14)10-15-9-11-5-8-19-12(11)13(16)17/h5,8,15H,2-4,6-7,9-10H2,1H3,(H,16,17). The van der Waals surface area contributed by atoms with Gasteiger partial charge in [-0.15, -0.1) is 11.3 Å². The molecule has 106 valence electrons. The highest BCUT2D eigenvalue weighted by Crippen LogP contribution is 2.38. The molecule has 3 nitrogen and oxygen atoms in total. The minimum atomic E-state index is -0.816. The summed E-state index contributed by atoms with van der Waals surface area (Å²) in [6.07, 6.45) is 8.74. The van der Waals surface area contributed by atoms with Gasteiger partial charge in [-0.1, -0.05) is 19.3 Å². The van der Waals surface area contributed by atoms with Crippen LogP contribution in [0.3, 0.4) is 0 Å². The van der Waals surface area contributed by atoms with E-state index in [1.807, 2.05) is 23.2 Å². The molecule has 1 aliphatic rings. The van der Waals surface area contributed by atoms with Crippen LogP contribution >= 0.6 is 23.1 Å². The minimum Gasteiger partial charge on any atom is -0.477 e. The fourth-order valence-corrected chi connectivity index (χ4v) is 4.44. The highest BCUT2D eigenvalue weighted by molar-refractivity contribution is 8.00. The number of carbonyl (C=O) groups is 1. The molecule has 1 aromatic rings. The largest absolute Gasteiger partial charge is 0.477 e. The molecule has 0 atom stereocenters. The van der Waals surface area contributed by atoms with E-state index < -0.39 is 5.97 Å². The minimum absolute atomic E-state index is 0.359. The monoisotopic (exact) mass is 299 g/mol. The molecular formula is C14H21NO2S2. The van der Waals surface area contributed by atoms with Gasteiger partial charge < -0.3 is 10.4 Å². The van der Waals surface area contributed by atoms with Crippen molar-refractivity contribution >= 4 is 29.1 Å². The van der Waals surface area contributed by atoms with Crippen LogP contribution in [-0.2, 0) is 6.54 Å². The molecule has 1 saturated carbocycles. The fraction of sp³-hybridized carbons (Fsp3) is 0.643. The van der Waals surface area contributed by atoms with Crippen molar-refractivity contribution in [2.75, 3.05) is 12.8 Å². The number of rotatable bonds is 6. The van der Waals surface area contributed by atoms with Crippen molar-refractivity contribution in [3.63, 3.8) is 0 Å². The van der Waals surface area contributed by atoms with Crippen LogP contribution in [0, 0.1) is 0 Å². The van der Waals surface area contributed by atoms with E-state index in [1.54, 1.807) is 0 Å². The number of hydrogen-bond donors (Lipinski definition) is 2. The number of aromatic carboxylic acids is 1. The Balaban J connectivity index is 1.88. The molecule has 1 fully saturated rings. The summed E-state index contributed by atoms with van der Waals surface area (Å²) in [6, 6.07) is 1.91. The first-order chi connectivity index (χ1) is 9.17. The van der Waals surface area contributed by atoms with Crippen LogP contribution in [0.5, 0.6) is 0 Å². The van der Waals surface area contributed by atoms with E-state index in [1.165, 1.54) is 43.4 Å². The lowest BCUT2D eigenvalue weighted by Gasteiger charge is -2.36. The second-order valence-electron chi connectivity index (χ2n) is 5.13. The summed E-state index contributed by atoms with van der Waals surface area (Å²) >= 11 is 3.27. The molecule has 0 aliphatic heterocycles. The number of thiophene rings is 1. The lowest BCUT2D eigenvalue weighted by atomic mass is 9.88. The average Bonchev–Trinajstić information content (AvgIpc) is 2.88. The van der Waals surface area contributed by atoms with Crippen LogP contribution in [-0.4, -0.2) is 28.6 Å². The summed E-state index contributed by atoms with van der Waals surface area (Å²) in [5.41, 5.74) is 0.907. The van der Waals surface area contributed by atoms with Gasteiger partial charge in [0.05, 0.1) is 0 Å². The highest BCUT2D eigenvalue weighted by Gasteiger charge is 2.30. The summed E-state index contributed by atoms with van der Waals surface area (Å²) in [6.45, 7) is 1.64. The molecular weight excluding hydrogens is 278 g/mol. The molecule has 0 aromatic carbocycles.